The largest absolute Gasteiger partial charge is 0.382 e. The Morgan fingerprint density at radius 1 is 1.63 bits per heavy atom. The van der Waals surface area contributed by atoms with Crippen molar-refractivity contribution in [2.75, 3.05) is 31.6 Å². The van der Waals surface area contributed by atoms with Crippen LogP contribution < -0.4 is 10.6 Å². The molecule has 0 bridgehead atoms. The molecule has 0 spiro atoms. The number of non-ortho nitro benzene ring substituents is 1. The van der Waals surface area contributed by atoms with Crippen LogP contribution >= 0.6 is 0 Å². The number of ether oxygens (including phenoxy) is 1. The molecule has 1 aromatic carbocycles. The van der Waals surface area contributed by atoms with Crippen LogP contribution in [0.25, 0.3) is 0 Å². The summed E-state index contributed by atoms with van der Waals surface area (Å²) in [6.45, 7) is 2.73. The van der Waals surface area contributed by atoms with Crippen molar-refractivity contribution >= 4 is 11.4 Å². The zero-order chi connectivity index (χ0) is 13.7. The second kappa shape index (κ2) is 6.13. The SMILES string of the molecule is N#Cc1cc([N+](=O)[O-])ccc1NCC1COCCN1. The summed E-state index contributed by atoms with van der Waals surface area (Å²) >= 11 is 0. The van der Waals surface area contributed by atoms with Gasteiger partial charge in [0, 0.05) is 31.3 Å². The first-order chi connectivity index (χ1) is 9.20. The van der Waals surface area contributed by atoms with Crippen LogP contribution in [0.15, 0.2) is 18.2 Å². The molecule has 1 saturated heterocycles. The number of morpholine rings is 1. The second-order valence-corrected chi connectivity index (χ2v) is 4.21. The topological polar surface area (TPSA) is 100 Å². The molecule has 0 aromatic heterocycles. The van der Waals surface area contributed by atoms with Gasteiger partial charge < -0.3 is 15.4 Å². The minimum Gasteiger partial charge on any atom is -0.382 e. The third-order valence-corrected chi connectivity index (χ3v) is 2.87. The molecule has 0 aliphatic carbocycles. The van der Waals surface area contributed by atoms with Crippen molar-refractivity contribution in [3.05, 3.63) is 33.9 Å². The van der Waals surface area contributed by atoms with E-state index in [0.29, 0.717) is 25.4 Å². The molecular weight excluding hydrogens is 248 g/mol. The number of nitriles is 1. The fourth-order valence-corrected chi connectivity index (χ4v) is 1.88. The van der Waals surface area contributed by atoms with E-state index in [1.807, 2.05) is 6.07 Å². The number of benzene rings is 1. The van der Waals surface area contributed by atoms with Crippen molar-refractivity contribution in [2.45, 2.75) is 6.04 Å². The smallest absolute Gasteiger partial charge is 0.270 e. The van der Waals surface area contributed by atoms with E-state index >= 15 is 0 Å². The second-order valence-electron chi connectivity index (χ2n) is 4.21. The first-order valence-electron chi connectivity index (χ1n) is 5.94. The number of nitrogens with zero attached hydrogens (tertiary/aromatic N) is 2. The highest BCUT2D eigenvalue weighted by Gasteiger charge is 2.14. The number of rotatable bonds is 4. The average Bonchev–Trinajstić information content (AvgIpc) is 2.45. The van der Waals surface area contributed by atoms with Crippen LogP contribution in [0.3, 0.4) is 0 Å². The molecule has 0 saturated carbocycles. The lowest BCUT2D eigenvalue weighted by molar-refractivity contribution is -0.384. The van der Waals surface area contributed by atoms with Crippen LogP contribution in [0.2, 0.25) is 0 Å². The summed E-state index contributed by atoms with van der Waals surface area (Å²) in [4.78, 5) is 10.1. The standard InChI is InChI=1S/C12H14N4O3/c13-6-9-5-11(16(17)18)1-2-12(9)15-7-10-8-19-4-3-14-10/h1-2,5,10,14-15H,3-4,7-8H2. The molecule has 1 atom stereocenters. The van der Waals surface area contributed by atoms with E-state index in [-0.39, 0.29) is 17.3 Å². The van der Waals surface area contributed by atoms with Gasteiger partial charge in [-0.05, 0) is 6.07 Å². The molecule has 2 N–H and O–H groups in total. The summed E-state index contributed by atoms with van der Waals surface area (Å²) in [5.74, 6) is 0. The van der Waals surface area contributed by atoms with E-state index in [2.05, 4.69) is 10.6 Å². The Morgan fingerprint density at radius 2 is 2.47 bits per heavy atom. The van der Waals surface area contributed by atoms with Crippen molar-refractivity contribution < 1.29 is 9.66 Å². The molecule has 0 radical (unpaired) electrons. The summed E-state index contributed by atoms with van der Waals surface area (Å²) in [7, 11) is 0. The number of hydrogen-bond acceptors (Lipinski definition) is 6. The van der Waals surface area contributed by atoms with Gasteiger partial charge in [-0.1, -0.05) is 0 Å². The molecular formula is C12H14N4O3. The van der Waals surface area contributed by atoms with Gasteiger partial charge in [0.2, 0.25) is 0 Å². The molecule has 1 fully saturated rings. The predicted molar refractivity (Wildman–Crippen MR) is 68.9 cm³/mol. The van der Waals surface area contributed by atoms with Gasteiger partial charge >= 0.3 is 0 Å². The Balaban J connectivity index is 2.03. The zero-order valence-corrected chi connectivity index (χ0v) is 10.3. The van der Waals surface area contributed by atoms with Gasteiger partial charge in [-0.3, -0.25) is 10.1 Å². The van der Waals surface area contributed by atoms with E-state index in [0.717, 1.165) is 6.54 Å². The van der Waals surface area contributed by atoms with E-state index in [1.54, 1.807) is 6.07 Å². The van der Waals surface area contributed by atoms with Crippen LogP contribution in [-0.4, -0.2) is 37.3 Å². The van der Waals surface area contributed by atoms with E-state index in [4.69, 9.17) is 10.00 Å². The van der Waals surface area contributed by atoms with Crippen LogP contribution in [0.4, 0.5) is 11.4 Å². The highest BCUT2D eigenvalue weighted by atomic mass is 16.6. The van der Waals surface area contributed by atoms with Gasteiger partial charge in [0.15, 0.2) is 0 Å². The number of nitro benzene ring substituents is 1. The average molecular weight is 262 g/mol. The number of nitro groups is 1. The molecule has 7 heteroatoms. The summed E-state index contributed by atoms with van der Waals surface area (Å²) in [6.07, 6.45) is 0. The molecule has 0 amide bonds. The lowest BCUT2D eigenvalue weighted by Crippen LogP contribution is -2.45. The molecule has 2 rings (SSSR count). The Hall–Kier alpha value is -2.17. The maximum Gasteiger partial charge on any atom is 0.270 e. The van der Waals surface area contributed by atoms with E-state index < -0.39 is 4.92 Å². The zero-order valence-electron chi connectivity index (χ0n) is 10.3. The summed E-state index contributed by atoms with van der Waals surface area (Å²) in [5.41, 5.74) is 0.785. The maximum absolute atomic E-state index is 10.6. The van der Waals surface area contributed by atoms with Crippen molar-refractivity contribution in [1.29, 1.82) is 5.26 Å². The quantitative estimate of drug-likeness (QED) is 0.616. The first-order valence-corrected chi connectivity index (χ1v) is 5.94. The summed E-state index contributed by atoms with van der Waals surface area (Å²) in [6, 6.07) is 6.35. The molecule has 1 unspecified atom stereocenters. The fourth-order valence-electron chi connectivity index (χ4n) is 1.88. The highest BCUT2D eigenvalue weighted by Crippen LogP contribution is 2.21. The third kappa shape index (κ3) is 3.40. The number of hydrogen-bond donors (Lipinski definition) is 2. The van der Waals surface area contributed by atoms with E-state index in [9.17, 15) is 10.1 Å². The molecule has 7 nitrogen and oxygen atoms in total. The first kappa shape index (κ1) is 13.3. The molecule has 1 aromatic rings. The minimum absolute atomic E-state index is 0.0822. The Kier molecular flexibility index (Phi) is 4.28. The van der Waals surface area contributed by atoms with Crippen molar-refractivity contribution in [1.82, 2.24) is 5.32 Å². The van der Waals surface area contributed by atoms with Gasteiger partial charge in [0.05, 0.1) is 29.4 Å². The highest BCUT2D eigenvalue weighted by molar-refractivity contribution is 5.61. The number of anilines is 1. The van der Waals surface area contributed by atoms with Gasteiger partial charge in [0.25, 0.3) is 5.69 Å². The molecule has 1 heterocycles. The normalized spacial score (nSPS) is 18.6. The Bertz CT molecular complexity index is 506. The Labute approximate surface area is 110 Å². The van der Waals surface area contributed by atoms with Crippen LogP contribution in [0, 0.1) is 21.4 Å². The summed E-state index contributed by atoms with van der Waals surface area (Å²) < 4.78 is 5.32. The van der Waals surface area contributed by atoms with Gasteiger partial charge in [0.1, 0.15) is 6.07 Å². The van der Waals surface area contributed by atoms with Crippen LogP contribution in [0.5, 0.6) is 0 Å². The van der Waals surface area contributed by atoms with Crippen LogP contribution in [-0.2, 0) is 4.74 Å². The van der Waals surface area contributed by atoms with Crippen molar-refractivity contribution in [3.8, 4) is 6.07 Å². The van der Waals surface area contributed by atoms with Gasteiger partial charge in [-0.2, -0.15) is 5.26 Å². The fraction of sp³-hybridized carbons (Fsp3) is 0.417. The molecule has 1 aliphatic heterocycles. The monoisotopic (exact) mass is 262 g/mol. The predicted octanol–water partition coefficient (Wildman–Crippen LogP) is 0.867. The van der Waals surface area contributed by atoms with Gasteiger partial charge in [-0.15, -0.1) is 0 Å². The summed E-state index contributed by atoms with van der Waals surface area (Å²) in [5, 5.41) is 26.0. The molecule has 1 aliphatic rings. The maximum atomic E-state index is 10.6. The van der Waals surface area contributed by atoms with Gasteiger partial charge in [-0.25, -0.2) is 0 Å². The molecule has 100 valence electrons. The minimum atomic E-state index is -0.513. The lowest BCUT2D eigenvalue weighted by atomic mass is 10.1. The third-order valence-electron chi connectivity index (χ3n) is 2.87. The van der Waals surface area contributed by atoms with Crippen molar-refractivity contribution in [3.63, 3.8) is 0 Å². The molecule has 19 heavy (non-hydrogen) atoms. The number of nitrogens with one attached hydrogen (secondary N) is 2. The lowest BCUT2D eigenvalue weighted by Gasteiger charge is -2.24. The van der Waals surface area contributed by atoms with Crippen molar-refractivity contribution in [2.24, 2.45) is 0 Å². The van der Waals surface area contributed by atoms with E-state index in [1.165, 1.54) is 12.1 Å². The Morgan fingerprint density at radius 3 is 3.11 bits per heavy atom. The van der Waals surface area contributed by atoms with Crippen LogP contribution in [0.1, 0.15) is 5.56 Å².